The molecule has 1 aliphatic heterocycles. The van der Waals surface area contributed by atoms with E-state index in [1.165, 1.54) is 21.8 Å². The van der Waals surface area contributed by atoms with E-state index < -0.39 is 58.7 Å². The molecule has 0 unspecified atom stereocenters. The van der Waals surface area contributed by atoms with Gasteiger partial charge in [-0.2, -0.15) is 0 Å². The molecule has 0 bridgehead atoms. The number of nitrogens with one attached hydrogen (secondary N) is 1. The van der Waals surface area contributed by atoms with Crippen LogP contribution in [0, 0.1) is 17.6 Å². The number of amides is 2. The van der Waals surface area contributed by atoms with Crippen LogP contribution in [0.2, 0.25) is 0 Å². The Morgan fingerprint density at radius 2 is 1.88 bits per heavy atom. The third kappa shape index (κ3) is 5.21. The predicted octanol–water partition coefficient (Wildman–Crippen LogP) is 3.25. The van der Waals surface area contributed by atoms with E-state index >= 15 is 0 Å². The maximum atomic E-state index is 14.1. The third-order valence-corrected chi connectivity index (χ3v) is 8.96. The molecule has 3 heterocycles. The third-order valence-electron chi connectivity index (χ3n) is 8.01. The van der Waals surface area contributed by atoms with Crippen LogP contribution in [0.1, 0.15) is 53.7 Å². The molecule has 5 rings (SSSR count). The van der Waals surface area contributed by atoms with Gasteiger partial charge < -0.3 is 15.3 Å². The fourth-order valence-corrected chi connectivity index (χ4v) is 6.46. The van der Waals surface area contributed by atoms with Gasteiger partial charge in [0.2, 0.25) is 11.3 Å². The summed E-state index contributed by atoms with van der Waals surface area (Å²) in [6.07, 6.45) is 2.66. The molecule has 10 nitrogen and oxygen atoms in total. The van der Waals surface area contributed by atoms with E-state index in [-0.39, 0.29) is 28.2 Å². The number of hydrogen-bond donors (Lipinski definition) is 2. The highest BCUT2D eigenvalue weighted by molar-refractivity contribution is 7.14. The number of hydrogen-bond acceptors (Lipinski definition) is 8. The minimum Gasteiger partial charge on any atom is -0.502 e. The van der Waals surface area contributed by atoms with Gasteiger partial charge >= 0.3 is 0 Å². The van der Waals surface area contributed by atoms with E-state index in [0.717, 1.165) is 30.4 Å². The monoisotopic (exact) mass is 608 g/mol. The molecule has 1 fully saturated rings. The molecule has 2 aromatic heterocycles. The Kier molecular flexibility index (Phi) is 7.49. The van der Waals surface area contributed by atoms with Gasteiger partial charge in [-0.1, -0.05) is 17.4 Å². The molecule has 0 saturated heterocycles. The van der Waals surface area contributed by atoms with Crippen LogP contribution in [0.5, 0.6) is 5.75 Å². The van der Waals surface area contributed by atoms with Gasteiger partial charge in [0.25, 0.3) is 11.8 Å². The van der Waals surface area contributed by atoms with E-state index in [4.69, 9.17) is 0 Å². The van der Waals surface area contributed by atoms with Gasteiger partial charge in [-0.3, -0.25) is 24.1 Å². The molecule has 15 heteroatoms. The van der Waals surface area contributed by atoms with Crippen LogP contribution in [0.25, 0.3) is 10.6 Å². The second-order valence-electron chi connectivity index (χ2n) is 10.8. The Hall–Kier alpha value is -4.01. The number of aromatic nitrogens is 3. The van der Waals surface area contributed by atoms with Gasteiger partial charge in [-0.25, -0.2) is 17.6 Å². The van der Waals surface area contributed by atoms with Crippen LogP contribution in [0.15, 0.2) is 29.2 Å². The van der Waals surface area contributed by atoms with Crippen molar-refractivity contribution in [1.29, 1.82) is 0 Å². The Labute approximate surface area is 241 Å². The lowest BCUT2D eigenvalue weighted by molar-refractivity contribution is -0.128. The van der Waals surface area contributed by atoms with E-state index in [9.17, 15) is 37.1 Å². The van der Waals surface area contributed by atoms with Crippen molar-refractivity contribution in [2.24, 2.45) is 5.92 Å². The van der Waals surface area contributed by atoms with Crippen molar-refractivity contribution in [3.63, 3.8) is 0 Å². The number of fused-ring (bicyclic) bond motifs is 1. The molecule has 3 aromatic rings. The van der Waals surface area contributed by atoms with Gasteiger partial charge in [0, 0.05) is 45.6 Å². The van der Waals surface area contributed by atoms with Gasteiger partial charge in [0.1, 0.15) is 22.3 Å². The summed E-state index contributed by atoms with van der Waals surface area (Å²) in [5.74, 6) is -6.87. The molecule has 1 aromatic carbocycles. The number of rotatable bonds is 6. The summed E-state index contributed by atoms with van der Waals surface area (Å²) in [4.78, 5) is 40.6. The zero-order chi connectivity index (χ0) is 30.6. The molecule has 1 saturated carbocycles. The minimum atomic E-state index is -3.03. The maximum Gasteiger partial charge on any atom is 0.278 e. The predicted molar refractivity (Wildman–Crippen MR) is 145 cm³/mol. The van der Waals surface area contributed by atoms with Gasteiger partial charge in [-0.05, 0) is 37.3 Å². The lowest BCUT2D eigenvalue weighted by atomic mass is 9.79. The molecule has 0 radical (unpaired) electrons. The number of halogens is 4. The number of alkyl halides is 2. The van der Waals surface area contributed by atoms with Crippen molar-refractivity contribution in [2.75, 3.05) is 25.6 Å². The topological polar surface area (TPSA) is 121 Å². The van der Waals surface area contributed by atoms with Crippen molar-refractivity contribution in [1.82, 2.24) is 25.1 Å². The quantitative estimate of drug-likeness (QED) is 0.413. The maximum absolute atomic E-state index is 14.1. The molecule has 2 amide bonds. The average Bonchev–Trinajstić information content (AvgIpc) is 3.40. The van der Waals surface area contributed by atoms with Crippen molar-refractivity contribution in [3.8, 4) is 16.3 Å². The molecule has 224 valence electrons. The highest BCUT2D eigenvalue weighted by Crippen LogP contribution is 2.42. The van der Waals surface area contributed by atoms with Crippen LogP contribution in [0.4, 0.5) is 17.6 Å². The first kappa shape index (κ1) is 29.5. The fourth-order valence-electron chi connectivity index (χ4n) is 5.59. The average molecular weight is 609 g/mol. The summed E-state index contributed by atoms with van der Waals surface area (Å²) in [5, 5.41) is 23.4. The Morgan fingerprint density at radius 1 is 1.19 bits per heavy atom. The lowest BCUT2D eigenvalue weighted by Crippen LogP contribution is -2.69. The van der Waals surface area contributed by atoms with Crippen LogP contribution in [0.3, 0.4) is 0 Å². The lowest BCUT2D eigenvalue weighted by Gasteiger charge is -2.55. The van der Waals surface area contributed by atoms with Crippen LogP contribution >= 0.6 is 11.3 Å². The van der Waals surface area contributed by atoms with Crippen molar-refractivity contribution in [2.45, 2.75) is 50.6 Å². The van der Waals surface area contributed by atoms with Gasteiger partial charge in [-0.15, -0.1) is 10.2 Å². The van der Waals surface area contributed by atoms with Crippen molar-refractivity contribution >= 4 is 23.2 Å². The van der Waals surface area contributed by atoms with E-state index in [2.05, 4.69) is 15.5 Å². The summed E-state index contributed by atoms with van der Waals surface area (Å²) in [6, 6.07) is 3.17. The zero-order valence-corrected chi connectivity index (χ0v) is 23.8. The van der Waals surface area contributed by atoms with Crippen molar-refractivity contribution < 1.29 is 32.3 Å². The van der Waals surface area contributed by atoms with Gasteiger partial charge in [0.05, 0.1) is 12.1 Å². The standard InChI is InChI=1S/C27H28F4N6O4S/c1-26(30,31)13-32-23(40)14-6-8-27(9-7-14)35(2)25(41)20-22(39)21(38)17(12-37(20)36(27)3)24-34-33-19(42-24)10-15-4-5-16(28)11-18(15)29/h4-5,11-12,14,39H,6-10,13H2,1-3H3,(H,32,40). The number of pyridine rings is 1. The number of benzene rings is 1. The SMILES string of the molecule is CN1C(=O)c2c(O)c(=O)c(-c3nnc(Cc4ccc(F)cc4F)s3)cn2N(C)C12CCC(C(=O)NCC(C)(F)F)CC2. The largest absolute Gasteiger partial charge is 0.502 e. The second kappa shape index (κ2) is 10.7. The number of carbonyl (C=O) groups is 2. The molecular formula is C27H28F4N6O4S. The van der Waals surface area contributed by atoms with E-state index in [0.29, 0.717) is 30.7 Å². The second-order valence-corrected chi connectivity index (χ2v) is 11.8. The van der Waals surface area contributed by atoms with Crippen LogP contribution in [-0.2, 0) is 11.2 Å². The molecular weight excluding hydrogens is 580 g/mol. The summed E-state index contributed by atoms with van der Waals surface area (Å²) in [5.41, 5.74) is -1.86. The van der Waals surface area contributed by atoms with Crippen LogP contribution in [-0.4, -0.2) is 68.9 Å². The number of nitrogens with zero attached hydrogens (tertiary/aromatic N) is 5. The number of carbonyl (C=O) groups excluding carboxylic acids is 2. The summed E-state index contributed by atoms with van der Waals surface area (Å²) in [6.45, 7) is -0.0406. The summed E-state index contributed by atoms with van der Waals surface area (Å²) >= 11 is 0.988. The normalized spacial score (nSPS) is 20.6. The molecule has 1 spiro atoms. The Bertz CT molecular complexity index is 1610. The van der Waals surface area contributed by atoms with Crippen LogP contribution < -0.4 is 15.8 Å². The molecule has 0 atom stereocenters. The molecule has 42 heavy (non-hydrogen) atoms. The molecule has 1 aliphatic carbocycles. The van der Waals surface area contributed by atoms with E-state index in [1.54, 1.807) is 19.1 Å². The Balaban J connectivity index is 1.43. The summed E-state index contributed by atoms with van der Waals surface area (Å²) < 4.78 is 55.2. The molecule has 2 aliphatic rings. The highest BCUT2D eigenvalue weighted by Gasteiger charge is 2.50. The smallest absolute Gasteiger partial charge is 0.278 e. The first-order valence-electron chi connectivity index (χ1n) is 13.1. The molecule has 2 N–H and O–H groups in total. The number of aromatic hydroxyl groups is 1. The van der Waals surface area contributed by atoms with Gasteiger partial charge in [0.15, 0.2) is 16.5 Å². The zero-order valence-electron chi connectivity index (χ0n) is 23.0. The first-order chi connectivity index (χ1) is 19.7. The fraction of sp³-hybridized carbons (Fsp3) is 0.444. The minimum absolute atomic E-state index is 0.00102. The first-order valence-corrected chi connectivity index (χ1v) is 14.0. The van der Waals surface area contributed by atoms with E-state index in [1.807, 2.05) is 0 Å². The van der Waals surface area contributed by atoms with Crippen molar-refractivity contribution in [3.05, 3.63) is 62.5 Å². The highest BCUT2D eigenvalue weighted by atomic mass is 32.1. The summed E-state index contributed by atoms with van der Waals surface area (Å²) in [7, 11) is 3.23. The Morgan fingerprint density at radius 3 is 2.52 bits per heavy atom.